The summed E-state index contributed by atoms with van der Waals surface area (Å²) in [5.41, 5.74) is 2.20. The number of benzene rings is 1. The molecule has 2 amide bonds. The Morgan fingerprint density at radius 2 is 1.91 bits per heavy atom. The van der Waals surface area contributed by atoms with Crippen molar-refractivity contribution in [3.8, 4) is 0 Å². The summed E-state index contributed by atoms with van der Waals surface area (Å²) < 4.78 is 31.9. The molecule has 3 rings (SSSR count). The number of halogens is 2. The van der Waals surface area contributed by atoms with E-state index in [2.05, 4.69) is 15.8 Å². The molecule has 2 atom stereocenters. The van der Waals surface area contributed by atoms with Gasteiger partial charge in [-0.2, -0.15) is 0 Å². The molecule has 2 aromatic rings. The summed E-state index contributed by atoms with van der Waals surface area (Å²) in [4.78, 5) is 27.0. The molecule has 1 saturated heterocycles. The minimum Gasteiger partial charge on any atom is -0.361 e. The number of rotatable bonds is 6. The van der Waals surface area contributed by atoms with E-state index in [4.69, 9.17) is 4.52 Å². The number of carbonyl (C=O) groups is 2. The van der Waals surface area contributed by atoms with Crippen molar-refractivity contribution in [2.24, 2.45) is 5.92 Å². The molecular formula is C23H30F2N4O3. The zero-order valence-corrected chi connectivity index (χ0v) is 18.7. The molecule has 1 fully saturated rings. The standard InChI is InChI=1S/C23H30F2N4O3/c1-14-21(15(2)32-28-14)12-26-20-6-4-5-17(9-22(30)29(3)13-20)23(31)27-11-16-7-18(24)10-19(25)8-16/h7-8,10,17,20,26H,4-6,9,11-13H2,1-3H3,(H,27,31). The molecule has 0 aliphatic carbocycles. The minimum atomic E-state index is -0.691. The van der Waals surface area contributed by atoms with Gasteiger partial charge in [-0.05, 0) is 44.4 Å². The summed E-state index contributed by atoms with van der Waals surface area (Å²) >= 11 is 0. The van der Waals surface area contributed by atoms with Crippen molar-refractivity contribution in [3.63, 3.8) is 0 Å². The normalized spacial score (nSPS) is 19.9. The van der Waals surface area contributed by atoms with Gasteiger partial charge in [0.25, 0.3) is 0 Å². The van der Waals surface area contributed by atoms with Gasteiger partial charge < -0.3 is 20.1 Å². The molecule has 1 aromatic carbocycles. The molecule has 1 aliphatic rings. The number of nitrogens with zero attached hydrogens (tertiary/aromatic N) is 2. The number of aromatic nitrogens is 1. The lowest BCUT2D eigenvalue weighted by atomic mass is 9.96. The van der Waals surface area contributed by atoms with Gasteiger partial charge in [0.1, 0.15) is 17.4 Å². The first-order chi connectivity index (χ1) is 15.2. The van der Waals surface area contributed by atoms with E-state index in [-0.39, 0.29) is 30.8 Å². The van der Waals surface area contributed by atoms with Crippen molar-refractivity contribution < 1.29 is 22.9 Å². The van der Waals surface area contributed by atoms with Crippen LogP contribution in [-0.4, -0.2) is 41.5 Å². The van der Waals surface area contributed by atoms with Gasteiger partial charge >= 0.3 is 0 Å². The summed E-state index contributed by atoms with van der Waals surface area (Å²) in [5, 5.41) is 10.2. The number of aryl methyl sites for hydroxylation is 2. The summed E-state index contributed by atoms with van der Waals surface area (Å²) in [6.45, 7) is 4.92. The lowest BCUT2D eigenvalue weighted by molar-refractivity contribution is -0.135. The number of amides is 2. The molecule has 2 N–H and O–H groups in total. The van der Waals surface area contributed by atoms with Gasteiger partial charge in [0.2, 0.25) is 11.8 Å². The van der Waals surface area contributed by atoms with Crippen molar-refractivity contribution in [2.75, 3.05) is 13.6 Å². The van der Waals surface area contributed by atoms with Crippen LogP contribution in [0.5, 0.6) is 0 Å². The fraction of sp³-hybridized carbons (Fsp3) is 0.522. The molecule has 9 heteroatoms. The van der Waals surface area contributed by atoms with Crippen molar-refractivity contribution in [3.05, 3.63) is 52.4 Å². The van der Waals surface area contributed by atoms with Gasteiger partial charge in [0.15, 0.2) is 0 Å². The van der Waals surface area contributed by atoms with E-state index >= 15 is 0 Å². The average Bonchev–Trinajstić information content (AvgIpc) is 3.07. The van der Waals surface area contributed by atoms with Crippen LogP contribution in [0.15, 0.2) is 22.7 Å². The highest BCUT2D eigenvalue weighted by molar-refractivity contribution is 5.85. The Labute approximate surface area is 186 Å². The van der Waals surface area contributed by atoms with Crippen LogP contribution in [0, 0.1) is 31.4 Å². The third kappa shape index (κ3) is 6.35. The van der Waals surface area contributed by atoms with Crippen LogP contribution in [-0.2, 0) is 22.7 Å². The fourth-order valence-electron chi connectivity index (χ4n) is 4.04. The predicted molar refractivity (Wildman–Crippen MR) is 114 cm³/mol. The second-order valence-electron chi connectivity index (χ2n) is 8.48. The van der Waals surface area contributed by atoms with Crippen molar-refractivity contribution in [1.82, 2.24) is 20.7 Å². The Kier molecular flexibility index (Phi) is 7.95. The SMILES string of the molecule is Cc1noc(C)c1CNC1CCCC(C(=O)NCc2cc(F)cc(F)c2)CC(=O)N(C)C1. The molecule has 0 spiro atoms. The molecule has 0 radical (unpaired) electrons. The molecule has 2 unspecified atom stereocenters. The number of hydrogen-bond donors (Lipinski definition) is 2. The number of carbonyl (C=O) groups excluding carboxylic acids is 2. The van der Waals surface area contributed by atoms with Crippen LogP contribution in [0.2, 0.25) is 0 Å². The van der Waals surface area contributed by atoms with E-state index in [0.717, 1.165) is 35.9 Å². The summed E-state index contributed by atoms with van der Waals surface area (Å²) in [5.74, 6) is -1.47. The first-order valence-corrected chi connectivity index (χ1v) is 10.8. The van der Waals surface area contributed by atoms with Crippen LogP contribution in [0.25, 0.3) is 0 Å². The van der Waals surface area contributed by atoms with Gasteiger partial charge in [-0.15, -0.1) is 0 Å². The van der Waals surface area contributed by atoms with E-state index in [1.165, 1.54) is 12.1 Å². The van der Waals surface area contributed by atoms with E-state index < -0.39 is 17.6 Å². The van der Waals surface area contributed by atoms with E-state index in [0.29, 0.717) is 25.1 Å². The lowest BCUT2D eigenvalue weighted by Crippen LogP contribution is -2.42. The van der Waals surface area contributed by atoms with E-state index in [1.54, 1.807) is 11.9 Å². The predicted octanol–water partition coefficient (Wildman–Crippen LogP) is 2.99. The minimum absolute atomic E-state index is 0.00958. The summed E-state index contributed by atoms with van der Waals surface area (Å²) in [6.07, 6.45) is 2.25. The lowest BCUT2D eigenvalue weighted by Gasteiger charge is -2.24. The molecule has 1 aliphatic heterocycles. The Hall–Kier alpha value is -2.81. The zero-order chi connectivity index (χ0) is 23.3. The Bertz CT molecular complexity index is 923. The van der Waals surface area contributed by atoms with E-state index in [9.17, 15) is 18.4 Å². The quantitative estimate of drug-likeness (QED) is 0.710. The van der Waals surface area contributed by atoms with Crippen LogP contribution >= 0.6 is 0 Å². The fourth-order valence-corrected chi connectivity index (χ4v) is 4.04. The van der Waals surface area contributed by atoms with Crippen LogP contribution in [0.3, 0.4) is 0 Å². The number of likely N-dealkylation sites (N-methyl/N-ethyl adjacent to an activating group) is 1. The number of nitrogens with one attached hydrogen (secondary N) is 2. The topological polar surface area (TPSA) is 87.5 Å². The Morgan fingerprint density at radius 1 is 1.19 bits per heavy atom. The maximum atomic E-state index is 13.4. The zero-order valence-electron chi connectivity index (χ0n) is 18.7. The van der Waals surface area contributed by atoms with Crippen LogP contribution in [0.1, 0.15) is 48.3 Å². The van der Waals surface area contributed by atoms with Crippen molar-refractivity contribution in [2.45, 2.75) is 58.7 Å². The van der Waals surface area contributed by atoms with Crippen molar-refractivity contribution >= 4 is 11.8 Å². The van der Waals surface area contributed by atoms with Gasteiger partial charge in [0, 0.05) is 56.7 Å². The third-order valence-corrected chi connectivity index (χ3v) is 5.95. The molecule has 174 valence electrons. The molecule has 32 heavy (non-hydrogen) atoms. The van der Waals surface area contributed by atoms with Crippen molar-refractivity contribution in [1.29, 1.82) is 0 Å². The van der Waals surface area contributed by atoms with Crippen LogP contribution < -0.4 is 10.6 Å². The first-order valence-electron chi connectivity index (χ1n) is 10.8. The second kappa shape index (κ2) is 10.7. The molecular weight excluding hydrogens is 418 g/mol. The Morgan fingerprint density at radius 3 is 2.56 bits per heavy atom. The van der Waals surface area contributed by atoms with Gasteiger partial charge in [-0.1, -0.05) is 11.6 Å². The Balaban J connectivity index is 1.57. The van der Waals surface area contributed by atoms with Gasteiger partial charge in [-0.3, -0.25) is 9.59 Å². The monoisotopic (exact) mass is 448 g/mol. The molecule has 1 aromatic heterocycles. The van der Waals surface area contributed by atoms with Gasteiger partial charge in [-0.25, -0.2) is 8.78 Å². The molecule has 0 bridgehead atoms. The van der Waals surface area contributed by atoms with Crippen LogP contribution in [0.4, 0.5) is 8.78 Å². The van der Waals surface area contributed by atoms with E-state index in [1.807, 2.05) is 13.8 Å². The summed E-state index contributed by atoms with van der Waals surface area (Å²) in [6, 6.07) is 3.23. The highest BCUT2D eigenvalue weighted by Crippen LogP contribution is 2.20. The smallest absolute Gasteiger partial charge is 0.223 e. The highest BCUT2D eigenvalue weighted by Gasteiger charge is 2.27. The number of hydrogen-bond acceptors (Lipinski definition) is 5. The third-order valence-electron chi connectivity index (χ3n) is 5.95. The second-order valence-corrected chi connectivity index (χ2v) is 8.48. The molecule has 0 saturated carbocycles. The molecule has 2 heterocycles. The maximum Gasteiger partial charge on any atom is 0.223 e. The molecule has 7 nitrogen and oxygen atoms in total. The largest absolute Gasteiger partial charge is 0.361 e. The van der Waals surface area contributed by atoms with Gasteiger partial charge in [0.05, 0.1) is 5.69 Å². The summed E-state index contributed by atoms with van der Waals surface area (Å²) in [7, 11) is 1.74. The maximum absolute atomic E-state index is 13.4. The average molecular weight is 449 g/mol. The highest BCUT2D eigenvalue weighted by atomic mass is 19.1. The first kappa shape index (κ1) is 23.8.